The van der Waals surface area contributed by atoms with Crippen molar-refractivity contribution >= 4 is 64.2 Å². The molecule has 3 aliphatic carbocycles. The van der Waals surface area contributed by atoms with Gasteiger partial charge in [0.25, 0.3) is 23.6 Å². The number of nitriles is 4. The van der Waals surface area contributed by atoms with Crippen molar-refractivity contribution in [1.82, 2.24) is 83.7 Å². The molecule has 764 valence electrons. The van der Waals surface area contributed by atoms with Crippen LogP contribution in [0.2, 0.25) is 0 Å². The first-order chi connectivity index (χ1) is 71.4. The number of piperidine rings is 4. The Hall–Kier alpha value is -15.8. The molecule has 0 bridgehead atoms. The van der Waals surface area contributed by atoms with Gasteiger partial charge in [-0.25, -0.2) is 23.1 Å². The van der Waals surface area contributed by atoms with Gasteiger partial charge in [-0.15, -0.1) is 23.7 Å². The largest absolute Gasteiger partial charge is 0.469 e. The lowest BCUT2D eigenvalue weighted by Gasteiger charge is -2.43. The number of hydrogen-bond acceptors (Lipinski definition) is 27. The molecule has 8 unspecified atom stereocenters. The number of primary amides is 4. The molecule has 8 atom stereocenters. The number of nitrogens with two attached hydrogens (primary N) is 4. The number of ketones is 2. The zero-order valence-electron chi connectivity index (χ0n) is 82.4. The van der Waals surface area contributed by atoms with E-state index in [1.807, 2.05) is 113 Å². The number of anilines is 1. The van der Waals surface area contributed by atoms with Crippen molar-refractivity contribution < 1.29 is 60.7 Å². The van der Waals surface area contributed by atoms with Crippen molar-refractivity contribution in [2.24, 2.45) is 46.6 Å². The van der Waals surface area contributed by atoms with E-state index in [2.05, 4.69) is 134 Å². The number of aromatic nitrogens is 13. The van der Waals surface area contributed by atoms with Gasteiger partial charge in [0.2, 0.25) is 11.8 Å². The number of alkyl halides is 3. The molecular weight excluding hydrogens is 1910 g/mol. The Bertz CT molecular complexity index is 7030. The van der Waals surface area contributed by atoms with E-state index in [4.69, 9.17) is 33.8 Å². The van der Waals surface area contributed by atoms with E-state index in [-0.39, 0.29) is 145 Å². The molecule has 7 aliphatic rings. The highest BCUT2D eigenvalue weighted by Crippen LogP contribution is 2.45. The standard InChI is InChI=1S/C31H30FN5O2.C26H29FN6O3S.C26H30N8O2.C25H26FN7O3/c1-2-22-16-25(22)28(38)17-27-26(30(34)39)19-37(35-27)31(12-14-33)13-15-36(20-29(31)32)18-21-8-10-24(11-9-21)23-6-4-3-5-7-23;1-3-23-30-21(16-37-23)18-6-4-17(5-7-18)13-32-11-9-26(8-10-28,22(27)15-32)33-14-19(25(29)35)20(31-33)12-24(34)36-2;1-18-15-29-34(30-18)21-6-2-19(3-7-21)16-32-12-9-26(8-11-27,10-13-32)33-17-22(25(28)36)23(31-33)14-24(35)20-4-5-20;26-20-15-32(13-16-1-3-18(4-2-16)24-29-10-12-36-24)11-8-25(20,7-9-27)33-14-19(21(28)34)22(31-33)30-23(35)17-5-6-17/h1,3-11,19,22,25,29H,12-13,15-18,20H2,(H2,34,39);4-7,14,16,22H,3,8-9,11-13,15H2,1-2H3,(H2,29,35);2-3,6-7,15,17,20H,4-5,8-10,12-14,16H2,1H3,(H2,28,36);1-4,10,12,14,17,20H,5-8,11,13,15H2,(H2,28,34)(H,30,31,35). The van der Waals surface area contributed by atoms with Crippen molar-refractivity contribution in [3.63, 3.8) is 0 Å². The lowest BCUT2D eigenvalue weighted by atomic mass is 9.83. The van der Waals surface area contributed by atoms with E-state index in [0.717, 1.165) is 113 Å². The summed E-state index contributed by atoms with van der Waals surface area (Å²) < 4.78 is 63.4. The minimum Gasteiger partial charge on any atom is -0.469 e. The van der Waals surface area contributed by atoms with Gasteiger partial charge in [0.1, 0.15) is 58.5 Å². The van der Waals surface area contributed by atoms with Crippen LogP contribution in [0.15, 0.2) is 181 Å². The molecule has 40 heteroatoms. The summed E-state index contributed by atoms with van der Waals surface area (Å²) in [4.78, 5) is 116. The summed E-state index contributed by atoms with van der Waals surface area (Å²) in [7, 11) is 1.22. The van der Waals surface area contributed by atoms with Crippen molar-refractivity contribution in [2.75, 3.05) is 64.8 Å². The molecular formula is C108H115F3N26O10S. The van der Waals surface area contributed by atoms with Gasteiger partial charge in [-0.2, -0.15) is 56.4 Å². The summed E-state index contributed by atoms with van der Waals surface area (Å²) in [6.07, 6.45) is 18.6. The van der Waals surface area contributed by atoms with Crippen LogP contribution < -0.4 is 28.3 Å². The number of carbonyl (C=O) groups excluding carboxylic acids is 8. The van der Waals surface area contributed by atoms with Crippen LogP contribution in [0.3, 0.4) is 0 Å². The van der Waals surface area contributed by atoms with Gasteiger partial charge >= 0.3 is 5.97 Å². The summed E-state index contributed by atoms with van der Waals surface area (Å²) in [6, 6.07) is 50.9. The number of halogens is 3. The predicted molar refractivity (Wildman–Crippen MR) is 539 cm³/mol. The van der Waals surface area contributed by atoms with Crippen LogP contribution in [0.5, 0.6) is 0 Å². The lowest BCUT2D eigenvalue weighted by Crippen LogP contribution is -2.54. The fourth-order valence-electron chi connectivity index (χ4n) is 19.7. The minimum atomic E-state index is -1.44. The van der Waals surface area contributed by atoms with Gasteiger partial charge in [0.05, 0.1) is 150 Å². The molecule has 4 aliphatic heterocycles. The molecule has 0 radical (unpaired) electrons. The Labute approximate surface area is 857 Å². The number of benzene rings is 5. The fourth-order valence-corrected chi connectivity index (χ4v) is 20.5. The summed E-state index contributed by atoms with van der Waals surface area (Å²) in [6.45, 7) is 9.86. The number of thiazole rings is 1. The third-order valence-electron chi connectivity index (χ3n) is 29.0. The van der Waals surface area contributed by atoms with Gasteiger partial charge < -0.3 is 37.4 Å². The topological polar surface area (TPSA) is 511 Å². The molecule has 3 saturated carbocycles. The number of oxazole rings is 1. The highest BCUT2D eigenvalue weighted by Gasteiger charge is 2.52. The highest BCUT2D eigenvalue weighted by atomic mass is 32.1. The van der Waals surface area contributed by atoms with Gasteiger partial charge in [-0.05, 0) is 135 Å². The molecule has 0 spiro atoms. The first-order valence-corrected chi connectivity index (χ1v) is 50.2. The Morgan fingerprint density at radius 3 is 1.39 bits per heavy atom. The van der Waals surface area contributed by atoms with Crippen molar-refractivity contribution in [2.45, 2.75) is 196 Å². The fraction of sp³-hybridized carbons (Fsp3) is 0.407. The maximum Gasteiger partial charge on any atom is 0.311 e. The van der Waals surface area contributed by atoms with E-state index in [1.54, 1.807) is 39.4 Å². The summed E-state index contributed by atoms with van der Waals surface area (Å²) in [5.41, 5.74) is 30.2. The van der Waals surface area contributed by atoms with Gasteiger partial charge in [-0.1, -0.05) is 110 Å². The predicted octanol–water partition coefficient (Wildman–Crippen LogP) is 12.3. The Balaban J connectivity index is 0.000000141. The molecule has 5 amide bonds. The van der Waals surface area contributed by atoms with Crippen molar-refractivity contribution in [3.8, 4) is 76.1 Å². The molecule has 148 heavy (non-hydrogen) atoms. The van der Waals surface area contributed by atoms with Crippen LogP contribution in [-0.2, 0) is 97.9 Å². The summed E-state index contributed by atoms with van der Waals surface area (Å²) in [5.74, 6) is -0.949. The SMILES string of the molecule is C#CC1CC1C(=O)Cc1nn(C2(CC#N)CCN(Cc3ccc(-c4ccccc4)cc3)CC2F)cc1C(N)=O.CCc1nc(-c2ccc(CN3CCC(CC#N)(n4cc(C(N)=O)c(CC(=O)OC)n4)C(F)C3)cc2)cs1.Cc1cnn(-c2ccc(CN3CCC(CC#N)(n4cc(C(N)=O)c(CC(=O)C5CC5)n4)CC3)cc2)n1.N#CCC1(n2cc(C(N)=O)c(NC(=O)C3CC3)n2)CCN(Cc2ccc(-c3ncco3)cc2)CC1F. The van der Waals surface area contributed by atoms with Crippen molar-refractivity contribution in [1.29, 1.82) is 21.0 Å². The average molecular weight is 2030 g/mol. The number of likely N-dealkylation sites (tertiary alicyclic amines) is 4. The van der Waals surface area contributed by atoms with Crippen LogP contribution in [0.1, 0.15) is 188 Å². The number of methoxy groups -OCH3 is 1. The third kappa shape index (κ3) is 24.3. The number of amides is 5. The molecule has 7 fully saturated rings. The number of rotatable bonds is 35. The number of Topliss-reactive ketones (excluding diaryl/α,β-unsaturated/α-hetero) is 2. The second kappa shape index (κ2) is 46.3. The van der Waals surface area contributed by atoms with Gasteiger partial charge in [0, 0.05) is 144 Å². The smallest absolute Gasteiger partial charge is 0.311 e. The second-order valence-electron chi connectivity index (χ2n) is 39.0. The van der Waals surface area contributed by atoms with Crippen LogP contribution in [0.4, 0.5) is 19.0 Å². The number of ether oxygens (including phenoxy) is 1. The minimum absolute atomic E-state index is 0.00193. The first-order valence-electron chi connectivity index (χ1n) is 49.3. The molecule has 19 rings (SSSR count). The highest BCUT2D eigenvalue weighted by molar-refractivity contribution is 7.09. The lowest BCUT2D eigenvalue weighted by molar-refractivity contribution is -0.140. The number of terminal acetylenes is 1. The number of esters is 1. The number of nitrogens with zero attached hydrogens (tertiary/aromatic N) is 21. The van der Waals surface area contributed by atoms with E-state index in [9.17, 15) is 59.4 Å². The van der Waals surface area contributed by atoms with E-state index in [1.165, 1.54) is 51.6 Å². The maximum atomic E-state index is 16.0. The average Bonchev–Trinajstić information content (AvgIpc) is 1.56. The summed E-state index contributed by atoms with van der Waals surface area (Å²) >= 11 is 1.65. The third-order valence-corrected chi connectivity index (χ3v) is 30.0. The van der Waals surface area contributed by atoms with Crippen LogP contribution >= 0.6 is 11.3 Å². The number of aryl methyl sites for hydroxylation is 2. The summed E-state index contributed by atoms with van der Waals surface area (Å²) in [5, 5.41) is 70.5. The first kappa shape index (κ1) is 105. The number of hydrogen-bond donors (Lipinski definition) is 5. The Kier molecular flexibility index (Phi) is 32.9. The molecule has 11 heterocycles. The number of nitrogens with one attached hydrogen (secondary N) is 1. The van der Waals surface area contributed by atoms with E-state index >= 15 is 13.2 Å². The van der Waals surface area contributed by atoms with Gasteiger partial charge in [-0.3, -0.25) is 76.7 Å². The number of carbonyl (C=O) groups is 8. The van der Waals surface area contributed by atoms with E-state index in [0.29, 0.717) is 89.4 Å². The van der Waals surface area contributed by atoms with Crippen LogP contribution in [-0.4, -0.2) is 209 Å². The van der Waals surface area contributed by atoms with Crippen LogP contribution in [0.25, 0.3) is 39.5 Å². The zero-order valence-corrected chi connectivity index (χ0v) is 83.2. The van der Waals surface area contributed by atoms with Gasteiger partial charge in [0.15, 0.2) is 5.82 Å². The Morgan fingerprint density at radius 2 is 0.959 bits per heavy atom. The normalized spacial score (nSPS) is 21.1. The maximum absolute atomic E-state index is 16.0. The molecule has 4 saturated heterocycles. The molecule has 36 nitrogen and oxygen atoms in total. The quantitative estimate of drug-likeness (QED) is 0.0182. The zero-order chi connectivity index (χ0) is 105. The molecule has 7 aromatic heterocycles. The second-order valence-corrected chi connectivity index (χ2v) is 40.0. The van der Waals surface area contributed by atoms with Crippen LogP contribution in [0, 0.1) is 88.3 Å². The van der Waals surface area contributed by atoms with Crippen molar-refractivity contribution in [3.05, 3.63) is 249 Å². The monoisotopic (exact) mass is 2020 g/mol. The molecule has 9 N–H and O–H groups in total. The Morgan fingerprint density at radius 1 is 0.520 bits per heavy atom. The molecule has 5 aromatic carbocycles. The molecule has 12 aromatic rings. The van der Waals surface area contributed by atoms with E-state index < -0.39 is 70.3 Å².